The van der Waals surface area contributed by atoms with Crippen LogP contribution >= 0.6 is 11.6 Å². The summed E-state index contributed by atoms with van der Waals surface area (Å²) in [5.41, 5.74) is 4.61. The summed E-state index contributed by atoms with van der Waals surface area (Å²) >= 11 is 6.18. The minimum Gasteiger partial charge on any atom is -0.347 e. The van der Waals surface area contributed by atoms with Crippen LogP contribution in [0.5, 0.6) is 0 Å². The molecule has 17 heavy (non-hydrogen) atoms. The molecule has 1 atom stereocenters. The molecule has 0 aliphatic rings. The predicted molar refractivity (Wildman–Crippen MR) is 65.3 cm³/mol. The van der Waals surface area contributed by atoms with Crippen LogP contribution < -0.4 is 11.3 Å². The number of nitrogens with one attached hydrogen (secondary N) is 2. The molecule has 2 rings (SSSR count). The normalized spacial score (nSPS) is 12.9. The first-order chi connectivity index (χ1) is 8.13. The van der Waals surface area contributed by atoms with Crippen molar-refractivity contribution in [3.8, 4) is 0 Å². The molecule has 6 nitrogen and oxygen atoms in total. The fraction of sp³-hybridized carbons (Fsp3) is 0.400. The Labute approximate surface area is 104 Å². The first kappa shape index (κ1) is 12.1. The average Bonchev–Trinajstić information content (AvgIpc) is 2.89. The van der Waals surface area contributed by atoms with E-state index in [1.54, 1.807) is 17.1 Å². The topological polar surface area (TPSA) is 84.6 Å². The van der Waals surface area contributed by atoms with Crippen molar-refractivity contribution in [2.45, 2.75) is 19.4 Å². The summed E-state index contributed by atoms with van der Waals surface area (Å²) in [5.74, 6) is 6.32. The van der Waals surface area contributed by atoms with Crippen molar-refractivity contribution in [1.82, 2.24) is 25.2 Å². The molecule has 0 fully saturated rings. The van der Waals surface area contributed by atoms with Gasteiger partial charge in [-0.2, -0.15) is 5.10 Å². The SMILES string of the molecule is Cc1nn(C)c(Cl)c1CC(NN)c1ncc[nH]1. The lowest BCUT2D eigenvalue weighted by Crippen LogP contribution is -2.30. The molecule has 2 heterocycles. The van der Waals surface area contributed by atoms with E-state index in [1.807, 2.05) is 14.0 Å². The molecule has 1 unspecified atom stereocenters. The molecule has 0 saturated heterocycles. The Hall–Kier alpha value is -1.37. The van der Waals surface area contributed by atoms with Crippen molar-refractivity contribution in [2.75, 3.05) is 0 Å². The van der Waals surface area contributed by atoms with E-state index < -0.39 is 0 Å². The van der Waals surface area contributed by atoms with E-state index in [2.05, 4.69) is 20.5 Å². The van der Waals surface area contributed by atoms with Crippen LogP contribution in [-0.2, 0) is 13.5 Å². The van der Waals surface area contributed by atoms with Gasteiger partial charge in [-0.3, -0.25) is 10.5 Å². The van der Waals surface area contributed by atoms with Crippen LogP contribution in [0.2, 0.25) is 5.15 Å². The molecule has 0 radical (unpaired) electrons. The Balaban J connectivity index is 2.24. The molecule has 0 aliphatic carbocycles. The highest BCUT2D eigenvalue weighted by molar-refractivity contribution is 6.30. The van der Waals surface area contributed by atoms with Crippen LogP contribution in [0.3, 0.4) is 0 Å². The van der Waals surface area contributed by atoms with Crippen molar-refractivity contribution in [2.24, 2.45) is 12.9 Å². The fourth-order valence-corrected chi connectivity index (χ4v) is 2.06. The summed E-state index contributed by atoms with van der Waals surface area (Å²) < 4.78 is 1.65. The molecule has 4 N–H and O–H groups in total. The van der Waals surface area contributed by atoms with Gasteiger partial charge in [-0.05, 0) is 6.92 Å². The van der Waals surface area contributed by atoms with E-state index in [-0.39, 0.29) is 6.04 Å². The maximum atomic E-state index is 6.18. The first-order valence-electron chi connectivity index (χ1n) is 5.27. The number of hydrogen-bond acceptors (Lipinski definition) is 4. The number of rotatable bonds is 4. The molecular formula is C10H15ClN6. The molecule has 0 saturated carbocycles. The summed E-state index contributed by atoms with van der Waals surface area (Å²) in [7, 11) is 1.82. The van der Waals surface area contributed by atoms with Crippen molar-refractivity contribution >= 4 is 11.6 Å². The van der Waals surface area contributed by atoms with Crippen LogP contribution in [-0.4, -0.2) is 19.7 Å². The van der Waals surface area contributed by atoms with Crippen LogP contribution in [0.4, 0.5) is 0 Å². The second-order valence-corrected chi connectivity index (χ2v) is 4.23. The summed E-state index contributed by atoms with van der Waals surface area (Å²) in [6.07, 6.45) is 4.09. The molecule has 0 amide bonds. The summed E-state index contributed by atoms with van der Waals surface area (Å²) in [4.78, 5) is 7.21. The highest BCUT2D eigenvalue weighted by atomic mass is 35.5. The molecule has 0 spiro atoms. The third-order valence-corrected chi connectivity index (χ3v) is 3.20. The minimum atomic E-state index is -0.106. The van der Waals surface area contributed by atoms with E-state index >= 15 is 0 Å². The second kappa shape index (κ2) is 4.87. The zero-order valence-electron chi connectivity index (χ0n) is 9.74. The maximum Gasteiger partial charge on any atom is 0.130 e. The Kier molecular flexibility index (Phi) is 3.46. The molecule has 0 aromatic carbocycles. The van der Waals surface area contributed by atoms with E-state index in [1.165, 1.54) is 0 Å². The highest BCUT2D eigenvalue weighted by Gasteiger charge is 2.19. The number of aromatic nitrogens is 4. The van der Waals surface area contributed by atoms with Crippen LogP contribution in [0.1, 0.15) is 23.1 Å². The summed E-state index contributed by atoms with van der Waals surface area (Å²) in [5, 5.41) is 4.90. The number of hydrogen-bond donors (Lipinski definition) is 3. The molecule has 2 aromatic rings. The molecule has 7 heteroatoms. The monoisotopic (exact) mass is 254 g/mol. The first-order valence-corrected chi connectivity index (χ1v) is 5.64. The standard InChI is InChI=1S/C10H15ClN6/c1-6-7(9(11)17(2)16-6)5-8(15-12)10-13-3-4-14-10/h3-4,8,15H,5,12H2,1-2H3,(H,13,14). The number of halogens is 1. The molecular weight excluding hydrogens is 240 g/mol. The average molecular weight is 255 g/mol. The van der Waals surface area contributed by atoms with Gasteiger partial charge in [0.05, 0.1) is 11.7 Å². The molecule has 0 aliphatic heterocycles. The largest absolute Gasteiger partial charge is 0.347 e. The lowest BCUT2D eigenvalue weighted by atomic mass is 10.1. The Morgan fingerprint density at radius 1 is 1.65 bits per heavy atom. The number of aryl methyl sites for hydroxylation is 2. The minimum absolute atomic E-state index is 0.106. The van der Waals surface area contributed by atoms with Gasteiger partial charge in [0, 0.05) is 31.4 Å². The molecule has 92 valence electrons. The number of H-pyrrole nitrogens is 1. The molecule has 2 aromatic heterocycles. The Morgan fingerprint density at radius 3 is 2.88 bits per heavy atom. The van der Waals surface area contributed by atoms with E-state index in [4.69, 9.17) is 17.4 Å². The van der Waals surface area contributed by atoms with Crippen molar-refractivity contribution < 1.29 is 0 Å². The molecule has 0 bridgehead atoms. The number of nitrogens with two attached hydrogens (primary N) is 1. The van der Waals surface area contributed by atoms with Crippen LogP contribution in [0.15, 0.2) is 12.4 Å². The quantitative estimate of drug-likeness (QED) is 0.558. The number of aromatic amines is 1. The Morgan fingerprint density at radius 2 is 2.41 bits per heavy atom. The highest BCUT2D eigenvalue weighted by Crippen LogP contribution is 2.23. The van der Waals surface area contributed by atoms with Crippen LogP contribution in [0.25, 0.3) is 0 Å². The van der Waals surface area contributed by atoms with Crippen molar-refractivity contribution in [1.29, 1.82) is 0 Å². The summed E-state index contributed by atoms with van der Waals surface area (Å²) in [6, 6.07) is -0.106. The van der Waals surface area contributed by atoms with Gasteiger partial charge in [-0.15, -0.1) is 0 Å². The van der Waals surface area contributed by atoms with Gasteiger partial charge >= 0.3 is 0 Å². The lowest BCUT2D eigenvalue weighted by molar-refractivity contribution is 0.526. The lowest BCUT2D eigenvalue weighted by Gasteiger charge is -2.13. The van der Waals surface area contributed by atoms with Gasteiger partial charge in [0.2, 0.25) is 0 Å². The van der Waals surface area contributed by atoms with E-state index in [0.29, 0.717) is 11.6 Å². The van der Waals surface area contributed by atoms with E-state index in [0.717, 1.165) is 17.1 Å². The fourth-order valence-electron chi connectivity index (χ4n) is 1.81. The van der Waals surface area contributed by atoms with Gasteiger partial charge in [0.25, 0.3) is 0 Å². The zero-order chi connectivity index (χ0) is 12.4. The van der Waals surface area contributed by atoms with Gasteiger partial charge in [-0.1, -0.05) is 11.6 Å². The number of nitrogens with zero attached hydrogens (tertiary/aromatic N) is 3. The van der Waals surface area contributed by atoms with Gasteiger partial charge in [0.15, 0.2) is 0 Å². The summed E-state index contributed by atoms with van der Waals surface area (Å²) in [6.45, 7) is 1.93. The predicted octanol–water partition coefficient (Wildman–Crippen LogP) is 0.852. The number of imidazole rings is 1. The maximum absolute atomic E-state index is 6.18. The number of hydrazine groups is 1. The van der Waals surface area contributed by atoms with E-state index in [9.17, 15) is 0 Å². The van der Waals surface area contributed by atoms with Crippen LogP contribution in [0, 0.1) is 6.92 Å². The third-order valence-electron chi connectivity index (χ3n) is 2.73. The van der Waals surface area contributed by atoms with Gasteiger partial charge < -0.3 is 4.98 Å². The zero-order valence-corrected chi connectivity index (χ0v) is 10.5. The Bertz CT molecular complexity index is 489. The smallest absolute Gasteiger partial charge is 0.130 e. The van der Waals surface area contributed by atoms with Gasteiger partial charge in [0.1, 0.15) is 11.0 Å². The third kappa shape index (κ3) is 2.33. The van der Waals surface area contributed by atoms with Crippen molar-refractivity contribution in [3.63, 3.8) is 0 Å². The van der Waals surface area contributed by atoms with Crippen molar-refractivity contribution in [3.05, 3.63) is 34.6 Å². The second-order valence-electron chi connectivity index (χ2n) is 3.88. The van der Waals surface area contributed by atoms with Gasteiger partial charge in [-0.25, -0.2) is 10.4 Å².